The summed E-state index contributed by atoms with van der Waals surface area (Å²) >= 11 is 0. The van der Waals surface area contributed by atoms with E-state index in [1.54, 1.807) is 6.33 Å². The van der Waals surface area contributed by atoms with Crippen LogP contribution in [0.4, 0.5) is 5.82 Å². The Labute approximate surface area is 187 Å². The topological polar surface area (TPSA) is 92.0 Å². The second kappa shape index (κ2) is 7.64. The van der Waals surface area contributed by atoms with Gasteiger partial charge in [0.1, 0.15) is 29.6 Å². The zero-order valence-corrected chi connectivity index (χ0v) is 17.9. The second-order valence-corrected chi connectivity index (χ2v) is 9.01. The van der Waals surface area contributed by atoms with Gasteiger partial charge in [-0.2, -0.15) is 0 Å². The predicted octanol–water partition coefficient (Wildman–Crippen LogP) is 4.66. The Bertz CT molecular complexity index is 1280. The molecule has 0 amide bonds. The summed E-state index contributed by atoms with van der Waals surface area (Å²) in [5.74, 6) is 2.05. The summed E-state index contributed by atoms with van der Waals surface area (Å²) in [5.41, 5.74) is 17.7. The summed E-state index contributed by atoms with van der Waals surface area (Å²) in [6, 6.07) is 17.4. The molecule has 0 radical (unpaired) electrons. The van der Waals surface area contributed by atoms with Gasteiger partial charge in [0.15, 0.2) is 0 Å². The molecule has 2 aromatic carbocycles. The van der Waals surface area contributed by atoms with E-state index in [9.17, 15) is 0 Å². The highest BCUT2D eigenvalue weighted by atomic mass is 16.5. The third kappa shape index (κ3) is 3.14. The van der Waals surface area contributed by atoms with Crippen molar-refractivity contribution >= 4 is 16.9 Å². The lowest BCUT2D eigenvalue weighted by Crippen LogP contribution is -2.31. The molecule has 0 bridgehead atoms. The lowest BCUT2D eigenvalue weighted by atomic mass is 9.80. The predicted molar refractivity (Wildman–Crippen MR) is 126 cm³/mol. The number of aryl methyl sites for hydroxylation is 1. The standard InChI is InChI=1S/C26H27N5O/c27-13-16-10-20(11-16)31-14-21(24-25(28)29-15-30-26(24)31)19-7-6-18-8-9-22(32-23(18)12-19)17-4-2-1-3-5-17/h1-7,12,14-16,20,22H,8-11,13,27H2,(H2,28,29,30)/t16-,20+,22-/m1/s1. The molecule has 2 aliphatic rings. The monoisotopic (exact) mass is 425 g/mol. The zero-order chi connectivity index (χ0) is 21.7. The lowest BCUT2D eigenvalue weighted by molar-refractivity contribution is 0.177. The number of ether oxygens (including phenoxy) is 1. The smallest absolute Gasteiger partial charge is 0.146 e. The summed E-state index contributed by atoms with van der Waals surface area (Å²) < 4.78 is 8.72. The van der Waals surface area contributed by atoms with Gasteiger partial charge in [-0.3, -0.25) is 0 Å². The molecule has 1 fully saturated rings. The van der Waals surface area contributed by atoms with Crippen LogP contribution >= 0.6 is 0 Å². The molecule has 4 N–H and O–H groups in total. The number of anilines is 1. The molecule has 1 saturated carbocycles. The maximum atomic E-state index is 6.45. The van der Waals surface area contributed by atoms with Gasteiger partial charge in [0, 0.05) is 17.8 Å². The van der Waals surface area contributed by atoms with Crippen LogP contribution in [0.2, 0.25) is 0 Å². The quantitative estimate of drug-likeness (QED) is 0.496. The number of nitrogens with two attached hydrogens (primary N) is 2. The van der Waals surface area contributed by atoms with Crippen molar-refractivity contribution in [2.24, 2.45) is 11.7 Å². The Kier molecular flexibility index (Phi) is 4.61. The first-order chi connectivity index (χ1) is 15.7. The average molecular weight is 426 g/mol. The largest absolute Gasteiger partial charge is 0.485 e. The first kappa shape index (κ1) is 19.3. The van der Waals surface area contributed by atoms with E-state index in [0.29, 0.717) is 17.8 Å². The van der Waals surface area contributed by atoms with Crippen LogP contribution in [0.5, 0.6) is 5.75 Å². The van der Waals surface area contributed by atoms with Crippen molar-refractivity contribution in [1.82, 2.24) is 14.5 Å². The van der Waals surface area contributed by atoms with E-state index in [-0.39, 0.29) is 6.10 Å². The van der Waals surface area contributed by atoms with Crippen molar-refractivity contribution in [3.05, 3.63) is 72.2 Å². The number of nitrogens with zero attached hydrogens (tertiary/aromatic N) is 3. The second-order valence-electron chi connectivity index (χ2n) is 9.01. The molecule has 6 heteroatoms. The maximum Gasteiger partial charge on any atom is 0.146 e. The Balaban J connectivity index is 1.40. The van der Waals surface area contributed by atoms with E-state index < -0.39 is 0 Å². The molecular formula is C26H27N5O. The molecule has 1 atom stereocenters. The van der Waals surface area contributed by atoms with Crippen molar-refractivity contribution in [2.75, 3.05) is 12.3 Å². The van der Waals surface area contributed by atoms with Crippen LogP contribution in [0, 0.1) is 5.92 Å². The van der Waals surface area contributed by atoms with E-state index >= 15 is 0 Å². The van der Waals surface area contributed by atoms with Gasteiger partial charge in [-0.05, 0) is 60.9 Å². The van der Waals surface area contributed by atoms with E-state index in [0.717, 1.165) is 60.1 Å². The Morgan fingerprint density at radius 1 is 1.06 bits per heavy atom. The molecule has 2 aromatic heterocycles. The lowest BCUT2D eigenvalue weighted by Gasteiger charge is -2.35. The molecule has 1 aliphatic heterocycles. The van der Waals surface area contributed by atoms with Gasteiger partial charge in [0.2, 0.25) is 0 Å². The van der Waals surface area contributed by atoms with Gasteiger partial charge in [0.25, 0.3) is 0 Å². The fourth-order valence-electron chi connectivity index (χ4n) is 5.17. The minimum Gasteiger partial charge on any atom is -0.485 e. The van der Waals surface area contributed by atoms with Crippen LogP contribution < -0.4 is 16.2 Å². The van der Waals surface area contributed by atoms with E-state index in [2.05, 4.69) is 63.2 Å². The average Bonchev–Trinajstić information content (AvgIpc) is 3.19. The molecule has 0 unspecified atom stereocenters. The normalized spacial score (nSPS) is 22.2. The van der Waals surface area contributed by atoms with Crippen molar-refractivity contribution in [1.29, 1.82) is 0 Å². The number of nitrogen functional groups attached to an aromatic ring is 1. The molecule has 0 saturated heterocycles. The van der Waals surface area contributed by atoms with Gasteiger partial charge in [-0.25, -0.2) is 9.97 Å². The van der Waals surface area contributed by atoms with Gasteiger partial charge in [-0.15, -0.1) is 0 Å². The number of hydrogen-bond acceptors (Lipinski definition) is 5. The van der Waals surface area contributed by atoms with E-state index in [4.69, 9.17) is 16.2 Å². The zero-order valence-electron chi connectivity index (χ0n) is 17.9. The summed E-state index contributed by atoms with van der Waals surface area (Å²) in [6.45, 7) is 0.740. The molecule has 1 aliphatic carbocycles. The number of rotatable bonds is 4. The Morgan fingerprint density at radius 3 is 2.72 bits per heavy atom. The molecular weight excluding hydrogens is 398 g/mol. The highest BCUT2D eigenvalue weighted by molar-refractivity contribution is 6.00. The van der Waals surface area contributed by atoms with Crippen LogP contribution in [0.3, 0.4) is 0 Å². The molecule has 32 heavy (non-hydrogen) atoms. The molecule has 6 rings (SSSR count). The Hall–Kier alpha value is -3.38. The van der Waals surface area contributed by atoms with Crippen LogP contribution in [0.1, 0.15) is 42.5 Å². The summed E-state index contributed by atoms with van der Waals surface area (Å²) in [4.78, 5) is 8.87. The minimum absolute atomic E-state index is 0.0804. The fourth-order valence-corrected chi connectivity index (χ4v) is 5.17. The number of hydrogen-bond donors (Lipinski definition) is 2. The first-order valence-electron chi connectivity index (χ1n) is 11.4. The molecule has 3 heterocycles. The van der Waals surface area contributed by atoms with Crippen LogP contribution in [0.25, 0.3) is 22.2 Å². The summed E-state index contributed by atoms with van der Waals surface area (Å²) in [6.07, 6.45) is 7.97. The third-order valence-corrected chi connectivity index (χ3v) is 7.07. The highest BCUT2D eigenvalue weighted by Gasteiger charge is 2.32. The van der Waals surface area contributed by atoms with Crippen LogP contribution in [0.15, 0.2) is 61.1 Å². The Morgan fingerprint density at radius 2 is 1.91 bits per heavy atom. The van der Waals surface area contributed by atoms with Gasteiger partial charge in [0.05, 0.1) is 5.39 Å². The van der Waals surface area contributed by atoms with Crippen molar-refractivity contribution in [2.45, 2.75) is 37.8 Å². The maximum absolute atomic E-state index is 6.45. The fraction of sp³-hybridized carbons (Fsp3) is 0.308. The highest BCUT2D eigenvalue weighted by Crippen LogP contribution is 2.44. The summed E-state index contributed by atoms with van der Waals surface area (Å²) in [7, 11) is 0. The van der Waals surface area contributed by atoms with E-state index in [1.165, 1.54) is 11.1 Å². The SMILES string of the molecule is NC[C@H]1C[C@@H](n2cc(-c3ccc4c(c3)O[C@@H](c3ccccc3)CC4)c3c(N)ncnc32)C1. The third-order valence-electron chi connectivity index (χ3n) is 7.07. The van der Waals surface area contributed by atoms with Gasteiger partial charge >= 0.3 is 0 Å². The number of benzene rings is 2. The van der Waals surface area contributed by atoms with Crippen LogP contribution in [-0.4, -0.2) is 21.1 Å². The van der Waals surface area contributed by atoms with Gasteiger partial charge in [-0.1, -0.05) is 42.5 Å². The molecule has 4 aromatic rings. The minimum atomic E-state index is 0.0804. The molecule has 162 valence electrons. The van der Waals surface area contributed by atoms with Crippen molar-refractivity contribution in [3.8, 4) is 16.9 Å². The van der Waals surface area contributed by atoms with Crippen molar-refractivity contribution < 1.29 is 4.74 Å². The van der Waals surface area contributed by atoms with E-state index in [1.807, 2.05) is 6.07 Å². The number of fused-ring (bicyclic) bond motifs is 2. The molecule has 0 spiro atoms. The first-order valence-corrected chi connectivity index (χ1v) is 11.4. The van der Waals surface area contributed by atoms with Gasteiger partial charge < -0.3 is 20.8 Å². The van der Waals surface area contributed by atoms with Crippen LogP contribution in [-0.2, 0) is 6.42 Å². The molecule has 6 nitrogen and oxygen atoms in total. The number of aromatic nitrogens is 3. The van der Waals surface area contributed by atoms with Crippen molar-refractivity contribution in [3.63, 3.8) is 0 Å². The summed E-state index contributed by atoms with van der Waals surface area (Å²) in [5, 5.41) is 0.916.